The highest BCUT2D eigenvalue weighted by Gasteiger charge is 2.49. The molecule has 2 aliphatic heterocycles. The molecule has 2 heterocycles. The highest BCUT2D eigenvalue weighted by atomic mass is 35.5. The molecule has 0 aromatic carbocycles. The molecule has 2 N–H and O–H groups in total. The second kappa shape index (κ2) is 6.59. The van der Waals surface area contributed by atoms with E-state index in [0.717, 1.165) is 58.7 Å². The average molecular weight is 312 g/mol. The Hall–Kier alpha value is -0.0700. The number of carbonyl (C=O) groups is 1. The van der Waals surface area contributed by atoms with Crippen molar-refractivity contribution in [3.8, 4) is 0 Å². The number of ether oxygens (including phenoxy) is 1. The van der Waals surface area contributed by atoms with Crippen LogP contribution in [-0.2, 0) is 9.53 Å². The van der Waals surface area contributed by atoms with Crippen LogP contribution in [0.25, 0.3) is 0 Å². The van der Waals surface area contributed by atoms with Crippen LogP contribution in [0, 0.1) is 0 Å². The number of hydrogen-bond acceptors (Lipinski definition) is 4. The lowest BCUT2D eigenvalue weighted by Gasteiger charge is -2.32. The van der Waals surface area contributed by atoms with Crippen molar-refractivity contribution in [1.29, 1.82) is 0 Å². The molecule has 3 rings (SSSR count). The number of likely N-dealkylation sites (tertiary alicyclic amines) is 1. The van der Waals surface area contributed by atoms with Gasteiger partial charge in [0.15, 0.2) is 0 Å². The van der Waals surface area contributed by atoms with Crippen LogP contribution in [0.3, 0.4) is 0 Å². The fourth-order valence-corrected chi connectivity index (χ4v) is 2.83. The molecule has 1 saturated carbocycles. The molecule has 1 unspecified atom stereocenters. The summed E-state index contributed by atoms with van der Waals surface area (Å²) in [6, 6.07) is 0.519. The zero-order chi connectivity index (χ0) is 11.9. The minimum Gasteiger partial charge on any atom is -0.379 e. The number of nitrogens with zero attached hydrogens (tertiary/aromatic N) is 2. The number of morpholine rings is 1. The van der Waals surface area contributed by atoms with Gasteiger partial charge in [0, 0.05) is 32.2 Å². The number of amides is 1. The van der Waals surface area contributed by atoms with Gasteiger partial charge in [-0.1, -0.05) is 0 Å². The predicted octanol–water partition coefficient (Wildman–Crippen LogP) is 0.254. The van der Waals surface area contributed by atoms with Crippen molar-refractivity contribution in [3.05, 3.63) is 0 Å². The third-order valence-electron chi connectivity index (χ3n) is 4.23. The Labute approximate surface area is 126 Å². The van der Waals surface area contributed by atoms with Gasteiger partial charge in [-0.25, -0.2) is 0 Å². The van der Waals surface area contributed by atoms with Crippen LogP contribution in [0.1, 0.15) is 19.3 Å². The summed E-state index contributed by atoms with van der Waals surface area (Å²) in [4.78, 5) is 16.5. The standard InChI is InChI=1S/C12H21N3O2.2ClH/c13-12(2-3-12)11(16)15-4-1-10(9-15)14-5-7-17-8-6-14;;/h10H,1-9,13H2;2*1H. The molecule has 5 nitrogen and oxygen atoms in total. The molecule has 0 bridgehead atoms. The third kappa shape index (κ3) is 3.52. The average Bonchev–Trinajstić information content (AvgIpc) is 2.95. The number of halogens is 2. The molecule has 0 radical (unpaired) electrons. The Kier molecular flexibility index (Phi) is 5.89. The molecule has 0 aromatic rings. The molecule has 7 heteroatoms. The van der Waals surface area contributed by atoms with Crippen LogP contribution in [-0.4, -0.2) is 66.7 Å². The Balaban J connectivity index is 0.000000902. The maximum Gasteiger partial charge on any atom is 0.242 e. The first-order valence-corrected chi connectivity index (χ1v) is 6.59. The lowest BCUT2D eigenvalue weighted by atomic mass is 10.2. The number of rotatable bonds is 2. The third-order valence-corrected chi connectivity index (χ3v) is 4.23. The highest BCUT2D eigenvalue weighted by Crippen LogP contribution is 2.35. The largest absolute Gasteiger partial charge is 0.379 e. The number of carbonyl (C=O) groups excluding carboxylic acids is 1. The van der Waals surface area contributed by atoms with Crippen LogP contribution in [0.5, 0.6) is 0 Å². The molecule has 0 aromatic heterocycles. The summed E-state index contributed by atoms with van der Waals surface area (Å²) in [6.07, 6.45) is 2.82. The van der Waals surface area contributed by atoms with Crippen molar-refractivity contribution >= 4 is 30.7 Å². The van der Waals surface area contributed by atoms with E-state index in [1.165, 1.54) is 0 Å². The van der Waals surface area contributed by atoms with E-state index >= 15 is 0 Å². The van der Waals surface area contributed by atoms with Gasteiger partial charge in [0.2, 0.25) is 5.91 Å². The quantitative estimate of drug-likeness (QED) is 0.794. The van der Waals surface area contributed by atoms with Crippen molar-refractivity contribution in [3.63, 3.8) is 0 Å². The highest BCUT2D eigenvalue weighted by molar-refractivity contribution is 5.89. The second-order valence-corrected chi connectivity index (χ2v) is 5.50. The lowest BCUT2D eigenvalue weighted by Crippen LogP contribution is -2.48. The molecule has 1 atom stereocenters. The summed E-state index contributed by atoms with van der Waals surface area (Å²) in [5, 5.41) is 0. The van der Waals surface area contributed by atoms with Crippen molar-refractivity contribution in [1.82, 2.24) is 9.80 Å². The summed E-state index contributed by atoms with van der Waals surface area (Å²) >= 11 is 0. The zero-order valence-electron chi connectivity index (χ0n) is 11.0. The van der Waals surface area contributed by atoms with Gasteiger partial charge in [-0.2, -0.15) is 0 Å². The maximum atomic E-state index is 12.1. The molecule has 1 amide bonds. The van der Waals surface area contributed by atoms with Gasteiger partial charge in [0.25, 0.3) is 0 Å². The maximum absolute atomic E-state index is 12.1. The number of nitrogens with two attached hydrogens (primary N) is 1. The molecular weight excluding hydrogens is 289 g/mol. The minimum absolute atomic E-state index is 0. The van der Waals surface area contributed by atoms with Gasteiger partial charge >= 0.3 is 0 Å². The summed E-state index contributed by atoms with van der Waals surface area (Å²) < 4.78 is 5.36. The Morgan fingerprint density at radius 3 is 2.37 bits per heavy atom. The van der Waals surface area contributed by atoms with Gasteiger partial charge in [-0.05, 0) is 19.3 Å². The summed E-state index contributed by atoms with van der Waals surface area (Å²) in [5.74, 6) is 0.174. The molecule has 19 heavy (non-hydrogen) atoms. The first kappa shape index (κ1) is 17.0. The summed E-state index contributed by atoms with van der Waals surface area (Å²) in [6.45, 7) is 5.38. The van der Waals surface area contributed by atoms with Gasteiger partial charge in [0.1, 0.15) is 0 Å². The smallest absolute Gasteiger partial charge is 0.242 e. The van der Waals surface area contributed by atoms with Crippen molar-refractivity contribution in [2.24, 2.45) is 5.73 Å². The Bertz CT molecular complexity index is 320. The van der Waals surface area contributed by atoms with E-state index in [9.17, 15) is 4.79 Å². The van der Waals surface area contributed by atoms with E-state index in [0.29, 0.717) is 6.04 Å². The van der Waals surface area contributed by atoms with E-state index in [1.807, 2.05) is 4.90 Å². The monoisotopic (exact) mass is 311 g/mol. The molecule has 112 valence electrons. The predicted molar refractivity (Wildman–Crippen MR) is 78.0 cm³/mol. The SMILES string of the molecule is Cl.Cl.NC1(C(=O)N2CCC(N3CCOCC3)C2)CC1. The molecule has 1 aliphatic carbocycles. The minimum atomic E-state index is -0.500. The lowest BCUT2D eigenvalue weighted by molar-refractivity contribution is -0.132. The van der Waals surface area contributed by atoms with Crippen molar-refractivity contribution in [2.45, 2.75) is 30.8 Å². The van der Waals surface area contributed by atoms with Gasteiger partial charge in [-0.15, -0.1) is 24.8 Å². The van der Waals surface area contributed by atoms with E-state index < -0.39 is 5.54 Å². The fourth-order valence-electron chi connectivity index (χ4n) is 2.83. The Morgan fingerprint density at radius 1 is 1.16 bits per heavy atom. The van der Waals surface area contributed by atoms with Gasteiger partial charge < -0.3 is 15.4 Å². The molecule has 3 fully saturated rings. The second-order valence-electron chi connectivity index (χ2n) is 5.50. The molecule has 3 aliphatic rings. The normalized spacial score (nSPS) is 29.3. The first-order chi connectivity index (χ1) is 8.19. The van der Waals surface area contributed by atoms with Crippen LogP contribution >= 0.6 is 24.8 Å². The van der Waals surface area contributed by atoms with Crippen molar-refractivity contribution in [2.75, 3.05) is 39.4 Å². The summed E-state index contributed by atoms with van der Waals surface area (Å²) in [5.41, 5.74) is 5.47. The molecule has 0 spiro atoms. The van der Waals surface area contributed by atoms with Crippen LogP contribution in [0.4, 0.5) is 0 Å². The van der Waals surface area contributed by atoms with Gasteiger partial charge in [-0.3, -0.25) is 9.69 Å². The van der Waals surface area contributed by atoms with Crippen LogP contribution in [0.2, 0.25) is 0 Å². The molecule has 2 saturated heterocycles. The zero-order valence-corrected chi connectivity index (χ0v) is 12.7. The first-order valence-electron chi connectivity index (χ1n) is 6.59. The van der Waals surface area contributed by atoms with E-state index in [2.05, 4.69) is 4.90 Å². The van der Waals surface area contributed by atoms with Gasteiger partial charge in [0.05, 0.1) is 18.8 Å². The van der Waals surface area contributed by atoms with Crippen LogP contribution < -0.4 is 5.73 Å². The fraction of sp³-hybridized carbons (Fsp3) is 0.917. The Morgan fingerprint density at radius 2 is 1.79 bits per heavy atom. The van der Waals surface area contributed by atoms with E-state index in [4.69, 9.17) is 10.5 Å². The van der Waals surface area contributed by atoms with Crippen molar-refractivity contribution < 1.29 is 9.53 Å². The molecular formula is C12H23Cl2N3O2. The topological polar surface area (TPSA) is 58.8 Å². The number of hydrogen-bond donors (Lipinski definition) is 1. The van der Waals surface area contributed by atoms with Crippen LogP contribution in [0.15, 0.2) is 0 Å². The van der Waals surface area contributed by atoms with E-state index in [1.54, 1.807) is 0 Å². The summed E-state index contributed by atoms with van der Waals surface area (Å²) in [7, 11) is 0. The van der Waals surface area contributed by atoms with E-state index in [-0.39, 0.29) is 30.7 Å².